The van der Waals surface area contributed by atoms with Gasteiger partial charge in [-0.15, -0.1) is 11.3 Å². The monoisotopic (exact) mass is 416 g/mol. The third-order valence-corrected chi connectivity index (χ3v) is 5.79. The Bertz CT molecular complexity index is 1390. The molecule has 0 radical (unpaired) electrons. The van der Waals surface area contributed by atoms with Crippen LogP contribution >= 0.6 is 11.3 Å². The van der Waals surface area contributed by atoms with Crippen LogP contribution in [0, 0.1) is 12.1 Å². The maximum Gasteiger partial charge on any atom is 0.176 e. The molecule has 0 fully saturated rings. The molecular weight excluding hydrogens is 399 g/mol. The Morgan fingerprint density at radius 1 is 1.20 bits per heavy atom. The zero-order chi connectivity index (χ0) is 20.7. The van der Waals surface area contributed by atoms with Crippen LogP contribution in [0.2, 0.25) is 0 Å². The van der Waals surface area contributed by atoms with E-state index in [4.69, 9.17) is 4.98 Å². The first kappa shape index (κ1) is 18.3. The number of aromatic amines is 3. The van der Waals surface area contributed by atoms with Crippen molar-refractivity contribution in [3.63, 3.8) is 0 Å². The maximum absolute atomic E-state index is 13.6. The van der Waals surface area contributed by atoms with Crippen LogP contribution in [0.5, 0.6) is 0 Å². The number of thiophene rings is 1. The van der Waals surface area contributed by atoms with Gasteiger partial charge in [-0.3, -0.25) is 10.2 Å². The third-order valence-electron chi connectivity index (χ3n) is 4.88. The number of halogens is 1. The minimum absolute atomic E-state index is 0.238. The van der Waals surface area contributed by atoms with Crippen molar-refractivity contribution >= 4 is 27.8 Å². The van der Waals surface area contributed by atoms with Crippen molar-refractivity contribution in [2.24, 2.45) is 0 Å². The van der Waals surface area contributed by atoms with E-state index in [1.807, 2.05) is 31.3 Å². The summed E-state index contributed by atoms with van der Waals surface area (Å²) >= 11 is 1.08. The number of imidazole rings is 1. The van der Waals surface area contributed by atoms with E-state index in [-0.39, 0.29) is 5.13 Å². The summed E-state index contributed by atoms with van der Waals surface area (Å²) in [7, 11) is 0. The van der Waals surface area contributed by atoms with E-state index >= 15 is 0 Å². The molecule has 0 unspecified atom stereocenters. The molecule has 0 aliphatic rings. The van der Waals surface area contributed by atoms with E-state index in [2.05, 4.69) is 38.0 Å². The summed E-state index contributed by atoms with van der Waals surface area (Å²) in [6.45, 7) is 5.73. The lowest BCUT2D eigenvalue weighted by atomic mass is 10.1. The first-order chi connectivity index (χ1) is 14.6. The van der Waals surface area contributed by atoms with Gasteiger partial charge in [-0.05, 0) is 36.8 Å². The van der Waals surface area contributed by atoms with Crippen molar-refractivity contribution in [3.8, 4) is 22.6 Å². The Morgan fingerprint density at radius 2 is 2.10 bits per heavy atom. The third kappa shape index (κ3) is 3.07. The molecule has 4 aromatic heterocycles. The zero-order valence-electron chi connectivity index (χ0n) is 16.0. The predicted octanol–water partition coefficient (Wildman–Crippen LogP) is 5.47. The summed E-state index contributed by atoms with van der Waals surface area (Å²) in [5.41, 5.74) is 6.09. The highest BCUT2D eigenvalue weighted by molar-refractivity contribution is 7.11. The van der Waals surface area contributed by atoms with Gasteiger partial charge < -0.3 is 4.98 Å². The lowest BCUT2D eigenvalue weighted by Crippen LogP contribution is -1.88. The Balaban J connectivity index is 1.62. The summed E-state index contributed by atoms with van der Waals surface area (Å²) in [6, 6.07) is 9.28. The molecule has 30 heavy (non-hydrogen) atoms. The molecular formula is C22H17FN6S. The number of rotatable bonds is 5. The van der Waals surface area contributed by atoms with Crippen LogP contribution in [0.1, 0.15) is 16.3 Å². The van der Waals surface area contributed by atoms with Gasteiger partial charge in [0.1, 0.15) is 5.69 Å². The number of nitrogens with zero attached hydrogens (tertiary/aromatic N) is 3. The van der Waals surface area contributed by atoms with Crippen molar-refractivity contribution in [2.75, 3.05) is 0 Å². The highest BCUT2D eigenvalue weighted by Gasteiger charge is 2.19. The van der Waals surface area contributed by atoms with E-state index in [1.54, 1.807) is 18.3 Å². The van der Waals surface area contributed by atoms with Crippen LogP contribution in [0.3, 0.4) is 0 Å². The Labute approximate surface area is 175 Å². The smallest absolute Gasteiger partial charge is 0.176 e. The van der Waals surface area contributed by atoms with E-state index in [0.29, 0.717) is 5.82 Å². The van der Waals surface area contributed by atoms with Crippen LogP contribution < -0.4 is 0 Å². The molecule has 0 amide bonds. The predicted molar refractivity (Wildman–Crippen MR) is 118 cm³/mol. The number of benzene rings is 1. The van der Waals surface area contributed by atoms with E-state index < -0.39 is 0 Å². The Hall–Kier alpha value is -3.78. The molecule has 0 bridgehead atoms. The van der Waals surface area contributed by atoms with Gasteiger partial charge in [0.05, 0.1) is 17.4 Å². The molecule has 8 heteroatoms. The number of nitrogens with one attached hydrogen (secondary N) is 3. The minimum atomic E-state index is -0.238. The van der Waals surface area contributed by atoms with Crippen molar-refractivity contribution in [2.45, 2.75) is 6.92 Å². The molecule has 0 aliphatic heterocycles. The standard InChI is InChI=1S/C22H17FN6S/c1-3-4-15(18-7-8-19(23)30-18)20-12(2)26-22(27-20)21-16-9-13(14-10-24-25-11-14)5-6-17(16)28-29-21/h3-11H,1H2,2H3,(H,24,25)(H,26,27)(H,28,29)/b15-4-. The molecule has 6 nitrogen and oxygen atoms in total. The highest BCUT2D eigenvalue weighted by Crippen LogP contribution is 2.33. The quantitative estimate of drug-likeness (QED) is 0.332. The molecule has 0 aliphatic carbocycles. The molecule has 0 saturated carbocycles. The zero-order valence-corrected chi connectivity index (χ0v) is 16.8. The molecule has 5 rings (SSSR count). The number of aromatic nitrogens is 6. The minimum Gasteiger partial charge on any atom is -0.340 e. The SMILES string of the molecule is C=C/C=C(/c1ccc(F)s1)c1nc(-c2n[nH]c3ccc(-c4cn[nH]c4)cc23)[nH]c1C. The van der Waals surface area contributed by atoms with Crippen molar-refractivity contribution in [1.29, 1.82) is 0 Å². The first-order valence-corrected chi connectivity index (χ1v) is 10.1. The topological polar surface area (TPSA) is 86.0 Å². The second-order valence-electron chi connectivity index (χ2n) is 6.80. The number of aryl methyl sites for hydroxylation is 1. The summed E-state index contributed by atoms with van der Waals surface area (Å²) in [5.74, 6) is 0.644. The molecule has 5 aromatic rings. The van der Waals surface area contributed by atoms with E-state index in [0.717, 1.165) is 60.9 Å². The Morgan fingerprint density at radius 3 is 2.83 bits per heavy atom. The van der Waals surface area contributed by atoms with Crippen molar-refractivity contribution in [1.82, 2.24) is 30.4 Å². The van der Waals surface area contributed by atoms with Gasteiger partial charge in [0.25, 0.3) is 0 Å². The number of hydrogen-bond donors (Lipinski definition) is 3. The van der Waals surface area contributed by atoms with Crippen LogP contribution in [0.15, 0.2) is 61.5 Å². The molecule has 3 N–H and O–H groups in total. The van der Waals surface area contributed by atoms with Gasteiger partial charge in [-0.1, -0.05) is 24.8 Å². The van der Waals surface area contributed by atoms with Gasteiger partial charge in [0.15, 0.2) is 11.0 Å². The molecule has 0 saturated heterocycles. The normalized spacial score (nSPS) is 12.0. The fourth-order valence-corrected chi connectivity index (χ4v) is 4.23. The number of allylic oxidation sites excluding steroid dienone is 2. The summed E-state index contributed by atoms with van der Waals surface area (Å²) in [4.78, 5) is 8.94. The molecule has 1 aromatic carbocycles. The summed E-state index contributed by atoms with van der Waals surface area (Å²) in [6.07, 6.45) is 7.16. The van der Waals surface area contributed by atoms with Gasteiger partial charge in [-0.25, -0.2) is 4.98 Å². The average Bonchev–Trinajstić information content (AvgIpc) is 3.52. The van der Waals surface area contributed by atoms with Gasteiger partial charge in [0.2, 0.25) is 0 Å². The van der Waals surface area contributed by atoms with Crippen molar-refractivity contribution < 1.29 is 4.39 Å². The second kappa shape index (κ2) is 7.23. The fourth-order valence-electron chi connectivity index (χ4n) is 3.47. The van der Waals surface area contributed by atoms with Gasteiger partial charge in [-0.2, -0.15) is 14.6 Å². The lowest BCUT2D eigenvalue weighted by Gasteiger charge is -2.02. The van der Waals surface area contributed by atoms with Crippen LogP contribution in [-0.4, -0.2) is 30.4 Å². The Kier molecular flexibility index (Phi) is 4.40. The van der Waals surface area contributed by atoms with Gasteiger partial charge >= 0.3 is 0 Å². The molecule has 148 valence electrons. The highest BCUT2D eigenvalue weighted by atomic mass is 32.1. The fraction of sp³-hybridized carbons (Fsp3) is 0.0455. The number of hydrogen-bond acceptors (Lipinski definition) is 4. The van der Waals surface area contributed by atoms with Gasteiger partial charge in [0, 0.05) is 33.3 Å². The average molecular weight is 416 g/mol. The molecule has 0 atom stereocenters. The molecule has 0 spiro atoms. The first-order valence-electron chi connectivity index (χ1n) is 9.27. The van der Waals surface area contributed by atoms with Crippen LogP contribution in [-0.2, 0) is 0 Å². The van der Waals surface area contributed by atoms with Crippen molar-refractivity contribution in [3.05, 3.63) is 82.9 Å². The number of fused-ring (bicyclic) bond motifs is 1. The second-order valence-corrected chi connectivity index (χ2v) is 7.83. The van der Waals surface area contributed by atoms with E-state index in [1.165, 1.54) is 6.07 Å². The summed E-state index contributed by atoms with van der Waals surface area (Å²) in [5, 5.41) is 15.1. The van der Waals surface area contributed by atoms with E-state index in [9.17, 15) is 4.39 Å². The lowest BCUT2D eigenvalue weighted by molar-refractivity contribution is 0.657. The summed E-state index contributed by atoms with van der Waals surface area (Å²) < 4.78 is 13.6. The van der Waals surface area contributed by atoms with Crippen LogP contribution in [0.25, 0.3) is 39.1 Å². The van der Waals surface area contributed by atoms with Crippen LogP contribution in [0.4, 0.5) is 4.39 Å². The maximum atomic E-state index is 13.6. The number of H-pyrrole nitrogens is 3. The largest absolute Gasteiger partial charge is 0.340 e. The molecule has 4 heterocycles.